The van der Waals surface area contributed by atoms with Gasteiger partial charge < -0.3 is 10.1 Å². The number of nitrogens with one attached hydrogen (secondary N) is 1. The highest BCUT2D eigenvalue weighted by Crippen LogP contribution is 2.51. The summed E-state index contributed by atoms with van der Waals surface area (Å²) in [6.45, 7) is 4.02. The van der Waals surface area contributed by atoms with E-state index in [9.17, 15) is 4.79 Å². The van der Waals surface area contributed by atoms with Gasteiger partial charge in [0.05, 0.1) is 12.1 Å². The molecule has 0 saturated heterocycles. The van der Waals surface area contributed by atoms with Gasteiger partial charge in [0.15, 0.2) is 0 Å². The van der Waals surface area contributed by atoms with E-state index >= 15 is 0 Å². The van der Waals surface area contributed by atoms with Gasteiger partial charge in [-0.15, -0.1) is 0 Å². The number of carboxylic acids is 1. The molecular formula is C11H16N2O2. The molecule has 1 aromatic heterocycles. The van der Waals surface area contributed by atoms with Crippen LogP contribution in [0.2, 0.25) is 0 Å². The maximum absolute atomic E-state index is 10.8. The first-order chi connectivity index (χ1) is 7.07. The molecule has 4 heteroatoms. The maximum Gasteiger partial charge on any atom is 0.304 e. The van der Waals surface area contributed by atoms with E-state index in [0.29, 0.717) is 0 Å². The molecule has 2 rings (SSSR count). The van der Waals surface area contributed by atoms with Crippen molar-refractivity contribution >= 4 is 5.97 Å². The Hall–Kier alpha value is -1.32. The second-order valence-corrected chi connectivity index (χ2v) is 4.36. The topological polar surface area (TPSA) is 66.0 Å². The van der Waals surface area contributed by atoms with Crippen LogP contribution in [-0.4, -0.2) is 21.0 Å². The molecule has 1 aliphatic carbocycles. The van der Waals surface area contributed by atoms with Crippen LogP contribution in [0.15, 0.2) is 0 Å². The van der Waals surface area contributed by atoms with E-state index in [1.165, 1.54) is 0 Å². The number of hydrogen-bond acceptors (Lipinski definition) is 2. The summed E-state index contributed by atoms with van der Waals surface area (Å²) in [6.07, 6.45) is 2.98. The fourth-order valence-electron chi connectivity index (χ4n) is 2.14. The number of carbonyl (C=O) groups is 1. The van der Waals surface area contributed by atoms with Crippen LogP contribution >= 0.6 is 0 Å². The van der Waals surface area contributed by atoms with Crippen LogP contribution in [0.1, 0.15) is 43.4 Å². The van der Waals surface area contributed by atoms with Crippen molar-refractivity contribution in [3.63, 3.8) is 0 Å². The molecular weight excluding hydrogens is 192 g/mol. The zero-order valence-corrected chi connectivity index (χ0v) is 9.13. The number of aryl methyl sites for hydroxylation is 2. The number of H-pyrrole nitrogens is 1. The van der Waals surface area contributed by atoms with Crippen molar-refractivity contribution in [1.29, 1.82) is 0 Å². The Bertz CT molecular complexity index is 391. The number of rotatable bonds is 4. The molecule has 1 aliphatic rings. The zero-order chi connectivity index (χ0) is 11.1. The quantitative estimate of drug-likeness (QED) is 0.792. The van der Waals surface area contributed by atoms with E-state index in [-0.39, 0.29) is 11.8 Å². The van der Waals surface area contributed by atoms with Crippen molar-refractivity contribution in [2.75, 3.05) is 0 Å². The minimum atomic E-state index is -0.729. The van der Waals surface area contributed by atoms with Gasteiger partial charge in [0.25, 0.3) is 0 Å². The number of aromatic nitrogens is 2. The van der Waals surface area contributed by atoms with E-state index < -0.39 is 5.97 Å². The number of imidazole rings is 1. The highest BCUT2D eigenvalue weighted by Gasteiger charge is 2.48. The Kier molecular flexibility index (Phi) is 2.29. The summed E-state index contributed by atoms with van der Waals surface area (Å²) in [6, 6.07) is 0. The minimum absolute atomic E-state index is 0.167. The van der Waals surface area contributed by atoms with Crippen LogP contribution in [0.5, 0.6) is 0 Å². The van der Waals surface area contributed by atoms with Crippen molar-refractivity contribution in [1.82, 2.24) is 9.97 Å². The lowest BCUT2D eigenvalue weighted by Crippen LogP contribution is -2.14. The van der Waals surface area contributed by atoms with Crippen molar-refractivity contribution in [3.05, 3.63) is 17.2 Å². The van der Waals surface area contributed by atoms with Gasteiger partial charge in [-0.05, 0) is 19.8 Å². The number of carboxylic acid groups (broad SMARTS) is 1. The fraction of sp³-hybridized carbons (Fsp3) is 0.636. The van der Waals surface area contributed by atoms with Gasteiger partial charge in [0, 0.05) is 17.5 Å². The van der Waals surface area contributed by atoms with Crippen LogP contribution in [0.3, 0.4) is 0 Å². The normalized spacial score (nSPS) is 17.7. The molecule has 82 valence electrons. The Balaban J connectivity index is 2.28. The third kappa shape index (κ3) is 1.76. The lowest BCUT2D eigenvalue weighted by atomic mass is 9.97. The Morgan fingerprint density at radius 2 is 2.27 bits per heavy atom. The summed E-state index contributed by atoms with van der Waals surface area (Å²) in [4.78, 5) is 18.5. The molecule has 0 bridgehead atoms. The molecule has 1 fully saturated rings. The average molecular weight is 208 g/mol. The minimum Gasteiger partial charge on any atom is -0.481 e. The first-order valence-corrected chi connectivity index (χ1v) is 5.35. The molecule has 0 amide bonds. The van der Waals surface area contributed by atoms with Gasteiger partial charge in [-0.2, -0.15) is 0 Å². The summed E-state index contributed by atoms with van der Waals surface area (Å²) in [5.74, 6) is 0.229. The molecule has 0 spiro atoms. The Morgan fingerprint density at radius 3 is 2.67 bits per heavy atom. The van der Waals surface area contributed by atoms with Crippen molar-refractivity contribution < 1.29 is 9.90 Å². The molecule has 0 atom stereocenters. The summed E-state index contributed by atoms with van der Waals surface area (Å²) in [5, 5.41) is 8.87. The molecule has 1 aromatic rings. The number of aromatic amines is 1. The standard InChI is InChI=1S/C11H16N2O2/c1-3-8-12-7(2)10(13-8)11(4-5-11)6-9(14)15/h3-6H2,1-2H3,(H,12,13)(H,14,15). The predicted molar refractivity (Wildman–Crippen MR) is 55.9 cm³/mol. The SMILES string of the molecule is CCc1nc(C2(CC(=O)O)CC2)c(C)[nH]1. The zero-order valence-electron chi connectivity index (χ0n) is 9.13. The Labute approximate surface area is 88.7 Å². The summed E-state index contributed by atoms with van der Waals surface area (Å²) >= 11 is 0. The van der Waals surface area contributed by atoms with Crippen molar-refractivity contribution in [2.45, 2.75) is 44.9 Å². The van der Waals surface area contributed by atoms with Crippen molar-refractivity contribution in [2.24, 2.45) is 0 Å². The maximum atomic E-state index is 10.8. The molecule has 0 radical (unpaired) electrons. The highest BCUT2D eigenvalue weighted by molar-refractivity contribution is 5.70. The van der Waals surface area contributed by atoms with E-state index in [1.807, 2.05) is 13.8 Å². The van der Waals surface area contributed by atoms with Crippen LogP contribution in [0.25, 0.3) is 0 Å². The van der Waals surface area contributed by atoms with Crippen LogP contribution in [-0.2, 0) is 16.6 Å². The molecule has 1 saturated carbocycles. The molecule has 4 nitrogen and oxygen atoms in total. The predicted octanol–water partition coefficient (Wildman–Crippen LogP) is 1.79. The van der Waals surface area contributed by atoms with E-state index in [0.717, 1.165) is 36.5 Å². The first-order valence-electron chi connectivity index (χ1n) is 5.35. The lowest BCUT2D eigenvalue weighted by Gasteiger charge is -2.09. The van der Waals surface area contributed by atoms with Gasteiger partial charge in [0.1, 0.15) is 5.82 Å². The second kappa shape index (κ2) is 3.36. The van der Waals surface area contributed by atoms with Gasteiger partial charge in [0.2, 0.25) is 0 Å². The average Bonchev–Trinajstić information content (AvgIpc) is 2.81. The van der Waals surface area contributed by atoms with Gasteiger partial charge in [-0.3, -0.25) is 4.79 Å². The molecule has 15 heavy (non-hydrogen) atoms. The summed E-state index contributed by atoms with van der Waals surface area (Å²) < 4.78 is 0. The Morgan fingerprint density at radius 1 is 1.60 bits per heavy atom. The molecule has 0 unspecified atom stereocenters. The lowest BCUT2D eigenvalue weighted by molar-refractivity contribution is -0.137. The van der Waals surface area contributed by atoms with Gasteiger partial charge in [-0.1, -0.05) is 6.92 Å². The van der Waals surface area contributed by atoms with Gasteiger partial charge in [-0.25, -0.2) is 4.98 Å². The van der Waals surface area contributed by atoms with Gasteiger partial charge >= 0.3 is 5.97 Å². The summed E-state index contributed by atoms with van der Waals surface area (Å²) in [5.41, 5.74) is 1.84. The molecule has 1 heterocycles. The molecule has 0 aromatic carbocycles. The largest absolute Gasteiger partial charge is 0.481 e. The van der Waals surface area contributed by atoms with E-state index in [2.05, 4.69) is 9.97 Å². The smallest absolute Gasteiger partial charge is 0.304 e. The highest BCUT2D eigenvalue weighted by atomic mass is 16.4. The van der Waals surface area contributed by atoms with Crippen LogP contribution in [0, 0.1) is 6.92 Å². The fourth-order valence-corrected chi connectivity index (χ4v) is 2.14. The summed E-state index contributed by atoms with van der Waals surface area (Å²) in [7, 11) is 0. The number of aliphatic carboxylic acids is 1. The third-order valence-electron chi connectivity index (χ3n) is 3.11. The van der Waals surface area contributed by atoms with Crippen molar-refractivity contribution in [3.8, 4) is 0 Å². The van der Waals surface area contributed by atoms with E-state index in [4.69, 9.17) is 5.11 Å². The monoisotopic (exact) mass is 208 g/mol. The first kappa shape index (κ1) is 10.2. The second-order valence-electron chi connectivity index (χ2n) is 4.36. The number of hydrogen-bond donors (Lipinski definition) is 2. The number of nitrogens with zero attached hydrogens (tertiary/aromatic N) is 1. The van der Waals surface area contributed by atoms with E-state index in [1.54, 1.807) is 0 Å². The van der Waals surface area contributed by atoms with Crippen LogP contribution < -0.4 is 0 Å². The molecule has 0 aliphatic heterocycles. The third-order valence-corrected chi connectivity index (χ3v) is 3.11. The molecule has 2 N–H and O–H groups in total. The van der Waals surface area contributed by atoms with Crippen LogP contribution in [0.4, 0.5) is 0 Å².